The van der Waals surface area contributed by atoms with E-state index in [4.69, 9.17) is 32.8 Å². The molecule has 0 spiro atoms. The number of aromatic nitrogens is 1. The standard InChI is InChI=1S/C73H118N20O20S.C2HF3O2/c1-34(2)30-49(86-62(102)47(23-24-54(75)97)85-69(109)56(41(10)95)89-60(100)45(74)19-15-26-78-73(76)77)63(103)87-50(31-35(3)4)64(104)88-51(32-43-33-79-46-20-14-13-18-44(43)46)65(105)91-57(42(11)96)71(111)93-28-17-21-52(93)66(106)80-36(5)58(98)82-38(7)70(110)92-27-16-22-53(92)67(107)90-55(40(9)94)68(108)81-37(6)59(99)84-48(25-29-114-12)61(101)83-39(8)72(112)113;3-2(4,5)1(6)7/h13-14,18,20,33-42,45,47-53,55-57,79,94-96H,15-17,19,21-32,74H2,1-12H3,(H2,75,97)(H,80,106)(H,81,108)(H,82,98)(H,83,101)(H,84,99)(H,85,109)(H,86,102)(H,87,103)(H,88,104)(H,89,100)(H,90,107)(H,91,105)(H,112,113)(H4,76,77,78);(H,6,7)/t36-,37-,38-,39-,40+,41+,42+,45-,47-,48-,49-,50-,51-,52-,53-,55-,56-,57-;/m0./s1. The Morgan fingerprint density at radius 2 is 0.934 bits per heavy atom. The molecule has 0 bridgehead atoms. The van der Waals surface area contributed by atoms with Crippen molar-refractivity contribution in [2.24, 2.45) is 39.8 Å². The Morgan fingerprint density at radius 3 is 1.44 bits per heavy atom. The Hall–Kier alpha value is -11.0. The van der Waals surface area contributed by atoms with Gasteiger partial charge in [0.05, 0.1) is 24.4 Å². The minimum absolute atomic E-state index is 0.0336. The van der Waals surface area contributed by atoms with E-state index >= 15 is 0 Å². The number of carboxylic acid groups (broad SMARTS) is 2. The van der Waals surface area contributed by atoms with Crippen molar-refractivity contribution in [3.63, 3.8) is 0 Å². The van der Waals surface area contributed by atoms with E-state index < -0.39 is 229 Å². The quantitative estimate of drug-likeness (QED) is 0.0168. The summed E-state index contributed by atoms with van der Waals surface area (Å²) in [6, 6.07) is -14.2. The number of aliphatic carboxylic acids is 2. The van der Waals surface area contributed by atoms with E-state index in [9.17, 15) is 110 Å². The van der Waals surface area contributed by atoms with Crippen molar-refractivity contribution in [3.05, 3.63) is 36.0 Å². The van der Waals surface area contributed by atoms with Gasteiger partial charge in [-0.3, -0.25) is 81.7 Å². The maximum atomic E-state index is 14.9. The summed E-state index contributed by atoms with van der Waals surface area (Å²) in [5.41, 5.74) is 23.4. The van der Waals surface area contributed by atoms with Gasteiger partial charge in [0.2, 0.25) is 88.6 Å². The van der Waals surface area contributed by atoms with Crippen LogP contribution < -0.4 is 86.7 Å². The number of amides is 15. The highest BCUT2D eigenvalue weighted by Gasteiger charge is 2.45. The average molecular weight is 1740 g/mol. The lowest BCUT2D eigenvalue weighted by Gasteiger charge is -2.32. The van der Waals surface area contributed by atoms with Crippen molar-refractivity contribution in [1.29, 1.82) is 0 Å². The number of rotatable bonds is 46. The third kappa shape index (κ3) is 34.2. The van der Waals surface area contributed by atoms with Crippen molar-refractivity contribution in [2.75, 3.05) is 31.6 Å². The third-order valence-electron chi connectivity index (χ3n) is 19.3. The fourth-order valence-corrected chi connectivity index (χ4v) is 13.2. The molecule has 26 N–H and O–H groups in total. The number of fused-ring (bicyclic) bond motifs is 1. The van der Waals surface area contributed by atoms with Crippen LogP contribution in [-0.2, 0) is 87.9 Å². The Kier molecular flexibility index (Phi) is 42.8. The molecule has 2 fully saturated rings. The van der Waals surface area contributed by atoms with Crippen LogP contribution in [0.4, 0.5) is 13.2 Å². The van der Waals surface area contributed by atoms with Crippen molar-refractivity contribution >= 4 is 129 Å². The molecule has 46 heteroatoms. The lowest BCUT2D eigenvalue weighted by atomic mass is 9.98. The van der Waals surface area contributed by atoms with Gasteiger partial charge in [-0.15, -0.1) is 0 Å². The zero-order chi connectivity index (χ0) is 91.8. The minimum Gasteiger partial charge on any atom is -0.480 e. The highest BCUT2D eigenvalue weighted by atomic mass is 32.2. The van der Waals surface area contributed by atoms with Gasteiger partial charge in [0.1, 0.15) is 84.6 Å². The molecule has 121 heavy (non-hydrogen) atoms. The number of halogens is 3. The summed E-state index contributed by atoms with van der Waals surface area (Å²) < 4.78 is 31.7. The number of nitrogens with one attached hydrogen (secondary N) is 13. The van der Waals surface area contributed by atoms with Crippen molar-refractivity contribution in [3.8, 4) is 0 Å². The summed E-state index contributed by atoms with van der Waals surface area (Å²) in [4.78, 5) is 237. The molecular weight excluding hydrogens is 1620 g/mol. The predicted octanol–water partition coefficient (Wildman–Crippen LogP) is -5.06. The number of nitrogens with zero attached hydrogens (tertiary/aromatic N) is 3. The number of aliphatic hydroxyl groups excluding tert-OH is 3. The van der Waals surface area contributed by atoms with Crippen LogP contribution in [0.3, 0.4) is 0 Å². The smallest absolute Gasteiger partial charge is 0.480 e. The van der Waals surface area contributed by atoms with Crippen LogP contribution in [0.2, 0.25) is 0 Å². The lowest BCUT2D eigenvalue weighted by Crippen LogP contribution is -2.62. The summed E-state index contributed by atoms with van der Waals surface area (Å²) in [5.74, 6) is -17.8. The molecule has 2 aliphatic heterocycles. The molecule has 0 unspecified atom stereocenters. The first-order valence-corrected chi connectivity index (χ1v) is 40.8. The Bertz CT molecular complexity index is 3980. The molecule has 2 saturated heterocycles. The molecule has 1 aromatic carbocycles. The molecule has 1 aromatic heterocycles. The number of aliphatic imine (C=N–C) groups is 1. The van der Waals surface area contributed by atoms with Crippen LogP contribution in [0.5, 0.6) is 0 Å². The van der Waals surface area contributed by atoms with E-state index in [1.165, 1.54) is 65.1 Å². The highest BCUT2D eigenvalue weighted by molar-refractivity contribution is 7.98. The number of thioether (sulfide) groups is 1. The second-order valence-corrected chi connectivity index (χ2v) is 31.6. The number of alkyl halides is 3. The summed E-state index contributed by atoms with van der Waals surface area (Å²) in [7, 11) is 0. The van der Waals surface area contributed by atoms with Crippen LogP contribution >= 0.6 is 11.8 Å². The molecule has 678 valence electrons. The number of carbonyl (C=O) groups is 17. The van der Waals surface area contributed by atoms with Crippen molar-refractivity contribution in [1.82, 2.24) is 78.6 Å². The molecule has 18 atom stereocenters. The van der Waals surface area contributed by atoms with Crippen molar-refractivity contribution < 1.29 is 120 Å². The topological polar surface area (TPSA) is 674 Å². The zero-order valence-corrected chi connectivity index (χ0v) is 70.4. The Balaban J connectivity index is 0.00000516. The van der Waals surface area contributed by atoms with Crippen LogP contribution in [-0.4, -0.2) is 294 Å². The molecule has 2 aromatic rings. The fourth-order valence-electron chi connectivity index (χ4n) is 12.7. The summed E-state index contributed by atoms with van der Waals surface area (Å²) in [6.45, 7) is 15.9. The van der Waals surface area contributed by atoms with Gasteiger partial charge < -0.3 is 127 Å². The summed E-state index contributed by atoms with van der Waals surface area (Å²) in [5, 5.41) is 79.9. The van der Waals surface area contributed by atoms with Gasteiger partial charge in [0, 0.05) is 49.6 Å². The fraction of sp³-hybridized carbons (Fsp3) is 0.653. The zero-order valence-electron chi connectivity index (χ0n) is 69.6. The number of carboxylic acids is 2. The molecular formula is C75H119F3N20O22S. The van der Waals surface area contributed by atoms with Crippen LogP contribution in [0.1, 0.15) is 152 Å². The number of carbonyl (C=O) groups excluding carboxylic acids is 15. The van der Waals surface area contributed by atoms with E-state index in [2.05, 4.69) is 73.8 Å². The molecule has 15 amide bonds. The monoisotopic (exact) mass is 1740 g/mol. The molecule has 0 aliphatic carbocycles. The van der Waals surface area contributed by atoms with Crippen LogP contribution in [0, 0.1) is 11.8 Å². The number of aromatic amines is 1. The average Bonchev–Trinajstić information content (AvgIpc) is 1.50. The summed E-state index contributed by atoms with van der Waals surface area (Å²) >= 11 is 1.36. The van der Waals surface area contributed by atoms with E-state index in [1.807, 2.05) is 0 Å². The summed E-state index contributed by atoms with van der Waals surface area (Å²) in [6.07, 6.45) is -6.45. The first-order chi connectivity index (χ1) is 56.4. The molecule has 0 radical (unpaired) electrons. The first kappa shape index (κ1) is 104. The van der Waals surface area contributed by atoms with Crippen molar-refractivity contribution in [2.45, 2.75) is 268 Å². The van der Waals surface area contributed by atoms with Gasteiger partial charge in [-0.1, -0.05) is 45.9 Å². The van der Waals surface area contributed by atoms with E-state index in [-0.39, 0.29) is 95.2 Å². The van der Waals surface area contributed by atoms with E-state index in [0.717, 1.165) is 4.90 Å². The number of benzene rings is 1. The first-order valence-electron chi connectivity index (χ1n) is 39.4. The largest absolute Gasteiger partial charge is 0.490 e. The number of aliphatic hydroxyl groups is 3. The number of hydrogen-bond donors (Lipinski definition) is 22. The van der Waals surface area contributed by atoms with E-state index in [0.29, 0.717) is 28.6 Å². The lowest BCUT2D eigenvalue weighted by molar-refractivity contribution is -0.192. The second-order valence-electron chi connectivity index (χ2n) is 30.6. The molecule has 42 nitrogen and oxygen atoms in total. The number of para-hydroxylation sites is 1. The molecule has 4 rings (SSSR count). The van der Waals surface area contributed by atoms with Crippen LogP contribution in [0.15, 0.2) is 35.5 Å². The SMILES string of the molecule is CSCC[C@H](NC(=O)[C@H](C)NC(=O)[C@@H](NC(=O)[C@@H]1CCCN1C(=O)[C@H](C)NC(=O)[C@H](C)NC(=O)[C@@H]1CCCN1C(=O)[C@@H](NC(=O)[C@H](Cc1c[nH]c2ccccc12)NC(=O)[C@H](CC(C)C)NC(=O)[C@H](CC(C)C)NC(=O)[C@H](CCC(N)=O)NC(=O)[C@@H](NC(=O)[C@@H](N)CCCN=C(N)N)[C@@H](C)O)[C@@H](C)O)[C@@H](C)O)C(=O)N[C@@H](C)C(=O)O.O=C(O)C(F)(F)F. The maximum Gasteiger partial charge on any atom is 0.490 e. The van der Waals surface area contributed by atoms with Gasteiger partial charge >= 0.3 is 18.1 Å². The molecule has 0 saturated carbocycles. The molecule has 3 heterocycles. The maximum absolute atomic E-state index is 14.9. The van der Waals surface area contributed by atoms with Gasteiger partial charge in [-0.25, -0.2) is 4.79 Å². The minimum atomic E-state index is -5.08. The van der Waals surface area contributed by atoms with E-state index in [1.54, 1.807) is 64.4 Å². The third-order valence-corrected chi connectivity index (χ3v) is 20.0. The second kappa shape index (κ2) is 49.7. The number of likely N-dealkylation sites (tertiary alicyclic amines) is 2. The molecule has 2 aliphatic rings. The van der Waals surface area contributed by atoms with Gasteiger partial charge in [-0.05, 0) is 148 Å². The highest BCUT2D eigenvalue weighted by Crippen LogP contribution is 2.24. The Morgan fingerprint density at radius 1 is 0.512 bits per heavy atom. The number of hydrogen-bond acceptors (Lipinski definition) is 23. The number of H-pyrrole nitrogens is 1. The number of primary amides is 1. The number of nitrogens with two attached hydrogens (primary N) is 4. The van der Waals surface area contributed by atoms with Gasteiger partial charge in [0.25, 0.3) is 0 Å². The van der Waals surface area contributed by atoms with Gasteiger partial charge in [0.15, 0.2) is 5.96 Å². The van der Waals surface area contributed by atoms with Crippen LogP contribution in [0.25, 0.3) is 10.9 Å². The Labute approximate surface area is 700 Å². The normalized spacial score (nSPS) is 17.9. The predicted molar refractivity (Wildman–Crippen MR) is 432 cm³/mol. The van der Waals surface area contributed by atoms with Gasteiger partial charge in [-0.2, -0.15) is 24.9 Å². The number of guanidine groups is 1.